The predicted molar refractivity (Wildman–Crippen MR) is 66.5 cm³/mol. The SMILES string of the molecule is C[N+](C)(C)CC(O)CC(=O)[O-].O=C(O)C(Cl)(Cl)Cl. The molecule has 0 spiro atoms. The molecule has 9 heteroatoms. The maximum absolute atomic E-state index is 10.0. The second-order valence-electron chi connectivity index (χ2n) is 4.51. The van der Waals surface area contributed by atoms with Gasteiger partial charge in [-0.2, -0.15) is 0 Å². The van der Waals surface area contributed by atoms with Crippen molar-refractivity contribution in [1.82, 2.24) is 0 Å². The third-order valence-electron chi connectivity index (χ3n) is 1.40. The molecule has 0 amide bonds. The highest BCUT2D eigenvalue weighted by Gasteiger charge is 2.29. The molecule has 1 atom stereocenters. The largest absolute Gasteiger partial charge is 0.550 e. The minimum absolute atomic E-state index is 0.282. The Bertz CT molecular complexity index is 285. The van der Waals surface area contributed by atoms with Crippen LogP contribution >= 0.6 is 34.8 Å². The molecule has 0 fully saturated rings. The Labute approximate surface area is 120 Å². The van der Waals surface area contributed by atoms with Gasteiger partial charge in [-0.05, 0) is 0 Å². The van der Waals surface area contributed by atoms with Gasteiger partial charge in [-0.25, -0.2) is 4.79 Å². The molecule has 0 aliphatic heterocycles. The molecule has 0 aromatic rings. The van der Waals surface area contributed by atoms with E-state index in [0.717, 1.165) is 0 Å². The summed E-state index contributed by atoms with van der Waals surface area (Å²) in [5.74, 6) is -2.66. The van der Waals surface area contributed by atoms with Crippen LogP contribution in [0, 0.1) is 0 Å². The average molecular weight is 325 g/mol. The summed E-state index contributed by atoms with van der Waals surface area (Å²) >= 11 is 14.4. The zero-order valence-corrected chi connectivity index (χ0v) is 12.5. The molecule has 0 bridgehead atoms. The normalized spacial score (nSPS) is 13.3. The van der Waals surface area contributed by atoms with Crippen molar-refractivity contribution in [2.24, 2.45) is 0 Å². The highest BCUT2D eigenvalue weighted by Crippen LogP contribution is 2.25. The van der Waals surface area contributed by atoms with Crippen LogP contribution < -0.4 is 5.11 Å². The summed E-state index contributed by atoms with van der Waals surface area (Å²) in [6, 6.07) is 0. The van der Waals surface area contributed by atoms with Gasteiger partial charge in [-0.1, -0.05) is 34.8 Å². The van der Waals surface area contributed by atoms with Gasteiger partial charge in [0.15, 0.2) is 0 Å². The number of carbonyl (C=O) groups excluding carboxylic acids is 1. The maximum atomic E-state index is 10.0. The molecule has 108 valence electrons. The number of alkyl halides is 3. The first-order chi connectivity index (χ1) is 7.75. The lowest BCUT2D eigenvalue weighted by atomic mass is 10.2. The number of halogens is 3. The topological polar surface area (TPSA) is 97.7 Å². The molecule has 0 aliphatic rings. The molecule has 18 heavy (non-hydrogen) atoms. The number of carbonyl (C=O) groups is 2. The van der Waals surface area contributed by atoms with Gasteiger partial charge in [0.2, 0.25) is 0 Å². The number of hydrogen-bond donors (Lipinski definition) is 2. The lowest BCUT2D eigenvalue weighted by Gasteiger charge is -2.26. The van der Waals surface area contributed by atoms with Gasteiger partial charge >= 0.3 is 5.97 Å². The van der Waals surface area contributed by atoms with Gasteiger partial charge in [0.1, 0.15) is 12.6 Å². The molecule has 0 saturated carbocycles. The van der Waals surface area contributed by atoms with Crippen molar-refractivity contribution in [3.8, 4) is 0 Å². The summed E-state index contributed by atoms with van der Waals surface area (Å²) in [6.45, 7) is 0.425. The summed E-state index contributed by atoms with van der Waals surface area (Å²) in [7, 11) is 5.66. The predicted octanol–water partition coefficient (Wildman–Crippen LogP) is -0.365. The zero-order chi connectivity index (χ0) is 15.1. The van der Waals surface area contributed by atoms with Crippen LogP contribution in [0.4, 0.5) is 0 Å². The lowest BCUT2D eigenvalue weighted by molar-refractivity contribution is -0.873. The molecule has 2 N–H and O–H groups in total. The van der Waals surface area contributed by atoms with Crippen LogP contribution in [0.5, 0.6) is 0 Å². The smallest absolute Gasteiger partial charge is 0.356 e. The summed E-state index contributed by atoms with van der Waals surface area (Å²) in [5.41, 5.74) is 0. The van der Waals surface area contributed by atoms with E-state index < -0.39 is 21.8 Å². The van der Waals surface area contributed by atoms with Gasteiger partial charge in [0.05, 0.1) is 21.1 Å². The second-order valence-corrected chi connectivity index (χ2v) is 6.79. The molecule has 6 nitrogen and oxygen atoms in total. The van der Waals surface area contributed by atoms with Gasteiger partial charge in [-0.3, -0.25) is 0 Å². The molecule has 0 radical (unpaired) electrons. The van der Waals surface area contributed by atoms with Crippen molar-refractivity contribution in [3.05, 3.63) is 0 Å². The standard InChI is InChI=1S/C7H15NO3.C2HCl3O2/c1-8(2,3)5-6(9)4-7(10)11;3-2(4,5)1(6)7/h6,9H,4-5H2,1-3H3;(H,6,7). The van der Waals surface area contributed by atoms with Crippen LogP contribution in [0.3, 0.4) is 0 Å². The number of carboxylic acids is 2. The number of likely N-dealkylation sites (N-methyl/N-ethyl adjacent to an activating group) is 1. The van der Waals surface area contributed by atoms with Crippen molar-refractivity contribution < 1.29 is 29.4 Å². The van der Waals surface area contributed by atoms with E-state index in [4.69, 9.17) is 45.0 Å². The maximum Gasteiger partial charge on any atom is 0.356 e. The Kier molecular flexibility index (Phi) is 8.93. The third-order valence-corrected chi connectivity index (χ3v) is 1.89. The third kappa shape index (κ3) is 15.7. The van der Waals surface area contributed by atoms with Gasteiger partial charge < -0.3 is 24.6 Å². The molecule has 0 rings (SSSR count). The van der Waals surface area contributed by atoms with Gasteiger partial charge in [-0.15, -0.1) is 0 Å². The summed E-state index contributed by atoms with van der Waals surface area (Å²) < 4.78 is -1.62. The summed E-state index contributed by atoms with van der Waals surface area (Å²) in [5, 5.41) is 27.0. The number of rotatable bonds is 4. The van der Waals surface area contributed by atoms with E-state index in [1.165, 1.54) is 0 Å². The number of carboxylic acid groups (broad SMARTS) is 2. The molecular weight excluding hydrogens is 308 g/mol. The molecular formula is C9H16Cl3NO5. The summed E-state index contributed by atoms with van der Waals surface area (Å²) in [4.78, 5) is 19.6. The van der Waals surface area contributed by atoms with Crippen molar-refractivity contribution >= 4 is 46.7 Å². The molecule has 0 aromatic carbocycles. The first-order valence-electron chi connectivity index (χ1n) is 4.74. The highest BCUT2D eigenvalue weighted by atomic mass is 35.6. The zero-order valence-electron chi connectivity index (χ0n) is 10.2. The molecule has 0 saturated heterocycles. The molecule has 0 aromatic heterocycles. The van der Waals surface area contributed by atoms with Crippen molar-refractivity contribution in [3.63, 3.8) is 0 Å². The minimum Gasteiger partial charge on any atom is -0.550 e. The second kappa shape index (κ2) is 8.01. The number of aliphatic hydroxyl groups is 1. The monoisotopic (exact) mass is 323 g/mol. The molecule has 0 aliphatic carbocycles. The molecule has 0 heterocycles. The van der Waals surface area contributed by atoms with E-state index in [1.54, 1.807) is 0 Å². The number of quaternary nitrogens is 1. The van der Waals surface area contributed by atoms with Crippen molar-refractivity contribution in [2.45, 2.75) is 16.3 Å². The van der Waals surface area contributed by atoms with E-state index in [2.05, 4.69) is 0 Å². The van der Waals surface area contributed by atoms with E-state index >= 15 is 0 Å². The van der Waals surface area contributed by atoms with Crippen LogP contribution in [0.2, 0.25) is 0 Å². The fourth-order valence-corrected chi connectivity index (χ4v) is 0.889. The van der Waals surface area contributed by atoms with Crippen LogP contribution in [-0.4, -0.2) is 64.2 Å². The lowest BCUT2D eigenvalue weighted by Crippen LogP contribution is -2.43. The first kappa shape index (κ1) is 20.1. The first-order valence-corrected chi connectivity index (χ1v) is 5.87. The highest BCUT2D eigenvalue weighted by molar-refractivity contribution is 6.75. The fraction of sp³-hybridized carbons (Fsp3) is 0.778. The summed E-state index contributed by atoms with van der Waals surface area (Å²) in [6.07, 6.45) is -1.09. The number of aliphatic hydroxyl groups excluding tert-OH is 1. The van der Waals surface area contributed by atoms with E-state index in [1.807, 2.05) is 21.1 Å². The Balaban J connectivity index is 0. The van der Waals surface area contributed by atoms with E-state index in [0.29, 0.717) is 11.0 Å². The number of aliphatic carboxylic acids is 2. The minimum atomic E-state index is -2.17. The molecule has 1 unspecified atom stereocenters. The number of nitrogens with zero attached hydrogens (tertiary/aromatic N) is 1. The quantitative estimate of drug-likeness (QED) is 0.543. The fourth-order valence-electron chi connectivity index (χ4n) is 0.889. The van der Waals surface area contributed by atoms with Crippen LogP contribution in [0.1, 0.15) is 6.42 Å². The Morgan fingerprint density at radius 3 is 1.78 bits per heavy atom. The van der Waals surface area contributed by atoms with E-state index in [-0.39, 0.29) is 6.42 Å². The van der Waals surface area contributed by atoms with Crippen molar-refractivity contribution in [2.75, 3.05) is 27.7 Å². The van der Waals surface area contributed by atoms with Gasteiger partial charge in [0, 0.05) is 12.4 Å². The number of hydrogen-bond acceptors (Lipinski definition) is 4. The van der Waals surface area contributed by atoms with E-state index in [9.17, 15) is 14.7 Å². The Hall–Kier alpha value is -0.270. The van der Waals surface area contributed by atoms with Crippen molar-refractivity contribution in [1.29, 1.82) is 0 Å². The Morgan fingerprint density at radius 2 is 1.61 bits per heavy atom. The Morgan fingerprint density at radius 1 is 1.28 bits per heavy atom. The van der Waals surface area contributed by atoms with Crippen LogP contribution in [0.25, 0.3) is 0 Å². The van der Waals surface area contributed by atoms with Crippen LogP contribution in [0.15, 0.2) is 0 Å². The van der Waals surface area contributed by atoms with Crippen LogP contribution in [-0.2, 0) is 9.59 Å². The van der Waals surface area contributed by atoms with Gasteiger partial charge in [0.25, 0.3) is 3.79 Å². The average Bonchev–Trinajstić information content (AvgIpc) is 1.96.